The van der Waals surface area contributed by atoms with E-state index in [1.807, 2.05) is 11.9 Å². The number of nitrogens with zero attached hydrogens (tertiary/aromatic N) is 1. The maximum Gasteiger partial charge on any atom is 0.417 e. The normalized spacial score (nSPS) is 23.9. The van der Waals surface area contributed by atoms with Crippen LogP contribution in [0.4, 0.5) is 0 Å². The van der Waals surface area contributed by atoms with E-state index in [9.17, 15) is 9.59 Å². The highest BCUT2D eigenvalue weighted by Gasteiger charge is 2.25. The lowest BCUT2D eigenvalue weighted by molar-refractivity contribution is -0.166. The molecule has 1 atom stereocenters. The number of likely N-dealkylation sites (N-methyl/N-ethyl adjacent to an activating group) is 1. The molecular formula is C7H11NO4. The number of likely N-dealkylation sites (tertiary alicyclic amines) is 1. The smallest absolute Gasteiger partial charge is 0.417 e. The second-order valence-corrected chi connectivity index (χ2v) is 2.88. The zero-order valence-electron chi connectivity index (χ0n) is 6.82. The van der Waals surface area contributed by atoms with E-state index in [4.69, 9.17) is 5.11 Å². The van der Waals surface area contributed by atoms with Gasteiger partial charge in [-0.1, -0.05) is 0 Å². The third kappa shape index (κ3) is 2.20. The molecule has 1 rings (SSSR count). The fourth-order valence-electron chi connectivity index (χ4n) is 1.19. The number of carbonyl (C=O) groups is 2. The summed E-state index contributed by atoms with van der Waals surface area (Å²) in [6.45, 7) is 1.47. The molecule has 0 aliphatic carbocycles. The molecule has 1 aliphatic heterocycles. The van der Waals surface area contributed by atoms with Gasteiger partial charge in [0.1, 0.15) is 6.10 Å². The Morgan fingerprint density at radius 2 is 2.25 bits per heavy atom. The van der Waals surface area contributed by atoms with Crippen molar-refractivity contribution in [2.24, 2.45) is 0 Å². The largest absolute Gasteiger partial charge is 0.473 e. The molecule has 0 saturated carbocycles. The number of aliphatic carboxylic acids is 1. The number of rotatable bonds is 1. The summed E-state index contributed by atoms with van der Waals surface area (Å²) in [6, 6.07) is 0. The van der Waals surface area contributed by atoms with E-state index in [-0.39, 0.29) is 6.10 Å². The number of esters is 1. The second kappa shape index (κ2) is 3.53. The van der Waals surface area contributed by atoms with Gasteiger partial charge in [-0.15, -0.1) is 0 Å². The molecule has 68 valence electrons. The highest BCUT2D eigenvalue weighted by molar-refractivity contribution is 6.28. The van der Waals surface area contributed by atoms with Gasteiger partial charge in [0.15, 0.2) is 0 Å². The number of carboxylic acids is 1. The van der Waals surface area contributed by atoms with Crippen molar-refractivity contribution in [2.75, 3.05) is 20.1 Å². The van der Waals surface area contributed by atoms with Crippen LogP contribution in [0.5, 0.6) is 0 Å². The lowest BCUT2D eigenvalue weighted by Crippen LogP contribution is -2.26. The molecule has 0 radical (unpaired) electrons. The van der Waals surface area contributed by atoms with Crippen LogP contribution >= 0.6 is 0 Å². The number of carboxylic acid groups (broad SMARTS) is 1. The molecule has 0 spiro atoms. The third-order valence-corrected chi connectivity index (χ3v) is 1.80. The first-order chi connectivity index (χ1) is 5.59. The van der Waals surface area contributed by atoms with Gasteiger partial charge in [-0.2, -0.15) is 0 Å². The fourth-order valence-corrected chi connectivity index (χ4v) is 1.19. The first kappa shape index (κ1) is 8.99. The minimum Gasteiger partial charge on any atom is -0.473 e. The van der Waals surface area contributed by atoms with Crippen molar-refractivity contribution in [1.29, 1.82) is 0 Å². The summed E-state index contributed by atoms with van der Waals surface area (Å²) in [6.07, 6.45) is 0.466. The molecular weight excluding hydrogens is 162 g/mol. The topological polar surface area (TPSA) is 66.8 Å². The number of carbonyl (C=O) groups excluding carboxylic acids is 1. The van der Waals surface area contributed by atoms with Crippen molar-refractivity contribution in [2.45, 2.75) is 12.5 Å². The van der Waals surface area contributed by atoms with E-state index >= 15 is 0 Å². The number of hydrogen-bond donors (Lipinski definition) is 1. The summed E-state index contributed by atoms with van der Waals surface area (Å²) in [7, 11) is 1.90. The molecule has 0 aromatic heterocycles. The summed E-state index contributed by atoms with van der Waals surface area (Å²) >= 11 is 0. The Labute approximate surface area is 69.9 Å². The molecule has 5 nitrogen and oxygen atoms in total. The SMILES string of the molecule is CN1CC[C@H](OC(=O)C(=O)O)C1. The highest BCUT2D eigenvalue weighted by Crippen LogP contribution is 2.10. The van der Waals surface area contributed by atoms with Gasteiger partial charge in [-0.25, -0.2) is 9.59 Å². The highest BCUT2D eigenvalue weighted by atomic mass is 16.6. The summed E-state index contributed by atoms with van der Waals surface area (Å²) < 4.78 is 4.66. The minimum absolute atomic E-state index is 0.251. The van der Waals surface area contributed by atoms with E-state index in [1.54, 1.807) is 0 Å². The zero-order valence-corrected chi connectivity index (χ0v) is 6.82. The minimum atomic E-state index is -1.52. The molecule has 1 fully saturated rings. The van der Waals surface area contributed by atoms with Crippen LogP contribution in [0.3, 0.4) is 0 Å². The predicted octanol–water partition coefficient (Wildman–Crippen LogP) is -0.682. The van der Waals surface area contributed by atoms with Crippen LogP contribution in [0.15, 0.2) is 0 Å². The van der Waals surface area contributed by atoms with Crippen LogP contribution in [0.25, 0.3) is 0 Å². The van der Waals surface area contributed by atoms with Crippen molar-refractivity contribution < 1.29 is 19.4 Å². The van der Waals surface area contributed by atoms with Crippen LogP contribution in [-0.4, -0.2) is 48.2 Å². The molecule has 1 saturated heterocycles. The van der Waals surface area contributed by atoms with Crippen LogP contribution in [0, 0.1) is 0 Å². The molecule has 0 amide bonds. The lowest BCUT2D eigenvalue weighted by atomic mass is 10.3. The van der Waals surface area contributed by atoms with Crippen molar-refractivity contribution in [3.05, 3.63) is 0 Å². The molecule has 0 bridgehead atoms. The summed E-state index contributed by atoms with van der Waals surface area (Å²) in [5.74, 6) is -2.68. The van der Waals surface area contributed by atoms with Crippen molar-refractivity contribution in [3.8, 4) is 0 Å². The molecule has 1 heterocycles. The Balaban J connectivity index is 2.32. The molecule has 5 heteroatoms. The van der Waals surface area contributed by atoms with E-state index in [0.29, 0.717) is 6.54 Å². The first-order valence-corrected chi connectivity index (χ1v) is 3.72. The summed E-state index contributed by atoms with van der Waals surface area (Å²) in [5.41, 5.74) is 0. The van der Waals surface area contributed by atoms with Crippen LogP contribution in [0.2, 0.25) is 0 Å². The Bertz CT molecular complexity index is 204. The van der Waals surface area contributed by atoms with Crippen molar-refractivity contribution in [3.63, 3.8) is 0 Å². The molecule has 12 heavy (non-hydrogen) atoms. The average Bonchev–Trinajstić information content (AvgIpc) is 2.35. The zero-order chi connectivity index (χ0) is 9.14. The van der Waals surface area contributed by atoms with Crippen LogP contribution < -0.4 is 0 Å². The van der Waals surface area contributed by atoms with Crippen molar-refractivity contribution in [1.82, 2.24) is 4.90 Å². The molecule has 1 N–H and O–H groups in total. The van der Waals surface area contributed by atoms with Gasteiger partial charge in [-0.3, -0.25) is 0 Å². The molecule has 0 aromatic carbocycles. The average molecular weight is 173 g/mol. The van der Waals surface area contributed by atoms with E-state index in [1.165, 1.54) is 0 Å². The van der Waals surface area contributed by atoms with Gasteiger partial charge in [0.2, 0.25) is 0 Å². The van der Waals surface area contributed by atoms with Gasteiger partial charge in [0.05, 0.1) is 0 Å². The Morgan fingerprint density at radius 1 is 1.58 bits per heavy atom. The van der Waals surface area contributed by atoms with Crippen LogP contribution in [0.1, 0.15) is 6.42 Å². The molecule has 0 unspecified atom stereocenters. The van der Waals surface area contributed by atoms with E-state index in [2.05, 4.69) is 4.74 Å². The number of hydrogen-bond acceptors (Lipinski definition) is 4. The lowest BCUT2D eigenvalue weighted by Gasteiger charge is -2.09. The van der Waals surface area contributed by atoms with E-state index < -0.39 is 11.9 Å². The van der Waals surface area contributed by atoms with Gasteiger partial charge in [-0.05, 0) is 13.5 Å². The monoisotopic (exact) mass is 173 g/mol. The Hall–Kier alpha value is -1.10. The van der Waals surface area contributed by atoms with Gasteiger partial charge < -0.3 is 14.7 Å². The predicted molar refractivity (Wildman–Crippen MR) is 39.6 cm³/mol. The number of ether oxygens (including phenoxy) is 1. The van der Waals surface area contributed by atoms with Gasteiger partial charge >= 0.3 is 11.9 Å². The second-order valence-electron chi connectivity index (χ2n) is 2.88. The van der Waals surface area contributed by atoms with E-state index in [0.717, 1.165) is 13.0 Å². The summed E-state index contributed by atoms with van der Waals surface area (Å²) in [5, 5.41) is 8.22. The summed E-state index contributed by atoms with van der Waals surface area (Å²) in [4.78, 5) is 22.6. The standard InChI is InChI=1S/C7H11NO4/c1-8-3-2-5(4-8)12-7(11)6(9)10/h5H,2-4H2,1H3,(H,9,10)/t5-/m0/s1. The van der Waals surface area contributed by atoms with Crippen molar-refractivity contribution >= 4 is 11.9 Å². The first-order valence-electron chi connectivity index (χ1n) is 3.72. The Kier molecular flexibility index (Phi) is 2.65. The van der Waals surface area contributed by atoms with Gasteiger partial charge in [0.25, 0.3) is 0 Å². The Morgan fingerprint density at radius 3 is 2.67 bits per heavy atom. The molecule has 0 aromatic rings. The van der Waals surface area contributed by atoms with Gasteiger partial charge in [0, 0.05) is 13.1 Å². The maximum atomic E-state index is 10.6. The molecule has 1 aliphatic rings. The fraction of sp³-hybridized carbons (Fsp3) is 0.714. The maximum absolute atomic E-state index is 10.6. The van der Waals surface area contributed by atoms with Crippen LogP contribution in [-0.2, 0) is 14.3 Å². The third-order valence-electron chi connectivity index (χ3n) is 1.80. The quantitative estimate of drug-likeness (QED) is 0.420.